The first-order valence-corrected chi connectivity index (χ1v) is 5.91. The second kappa shape index (κ2) is 5.50. The lowest BCUT2D eigenvalue weighted by Gasteiger charge is -2.15. The average molecular weight is 240 g/mol. The van der Waals surface area contributed by atoms with E-state index in [0.29, 0.717) is 0 Å². The highest BCUT2D eigenvalue weighted by molar-refractivity contribution is 5.86. The number of Topliss-reactive ketones (excluding diaryl/α,β-unsaturated/α-hetero) is 1. The maximum Gasteiger partial charge on any atom is 0.141 e. The van der Waals surface area contributed by atoms with Crippen molar-refractivity contribution in [2.24, 2.45) is 0 Å². The molecule has 0 N–H and O–H groups in total. The van der Waals surface area contributed by atoms with Gasteiger partial charge in [0.1, 0.15) is 11.5 Å². The zero-order valence-electron chi connectivity index (χ0n) is 10.6. The molecule has 0 aliphatic rings. The van der Waals surface area contributed by atoms with Crippen LogP contribution in [0.3, 0.4) is 0 Å². The van der Waals surface area contributed by atoms with Crippen molar-refractivity contribution in [1.29, 1.82) is 0 Å². The number of benzene rings is 2. The zero-order valence-corrected chi connectivity index (χ0v) is 10.6. The van der Waals surface area contributed by atoms with Crippen LogP contribution >= 0.6 is 0 Å². The van der Waals surface area contributed by atoms with Crippen LogP contribution in [0.5, 0.6) is 5.75 Å². The van der Waals surface area contributed by atoms with Gasteiger partial charge < -0.3 is 4.74 Å². The fourth-order valence-corrected chi connectivity index (χ4v) is 2.10. The molecule has 1 atom stereocenters. The number of carbonyl (C=O) groups is 1. The van der Waals surface area contributed by atoms with Crippen molar-refractivity contribution in [3.05, 3.63) is 65.7 Å². The minimum Gasteiger partial charge on any atom is -0.497 e. The van der Waals surface area contributed by atoms with Gasteiger partial charge in [0.2, 0.25) is 0 Å². The number of carbonyl (C=O) groups excluding carboxylic acids is 1. The largest absolute Gasteiger partial charge is 0.497 e. The maximum absolute atomic E-state index is 11.9. The van der Waals surface area contributed by atoms with Crippen molar-refractivity contribution in [3.8, 4) is 5.75 Å². The predicted octanol–water partition coefficient (Wildman–Crippen LogP) is 3.42. The van der Waals surface area contributed by atoms with Crippen molar-refractivity contribution in [1.82, 2.24) is 0 Å². The second-order valence-corrected chi connectivity index (χ2v) is 4.23. The van der Waals surface area contributed by atoms with Gasteiger partial charge in [-0.1, -0.05) is 42.5 Å². The van der Waals surface area contributed by atoms with Gasteiger partial charge in [-0.15, -0.1) is 0 Å². The number of ether oxygens (including phenoxy) is 1. The Balaban J connectivity index is 2.39. The van der Waals surface area contributed by atoms with Gasteiger partial charge in [0.05, 0.1) is 13.0 Å². The molecular formula is C16H16O2. The molecule has 18 heavy (non-hydrogen) atoms. The summed E-state index contributed by atoms with van der Waals surface area (Å²) in [5.41, 5.74) is 2.02. The first kappa shape index (κ1) is 12.4. The number of methoxy groups -OCH3 is 1. The summed E-state index contributed by atoms with van der Waals surface area (Å²) < 4.78 is 5.13. The molecule has 0 heterocycles. The summed E-state index contributed by atoms with van der Waals surface area (Å²) in [4.78, 5) is 11.9. The van der Waals surface area contributed by atoms with Gasteiger partial charge in [0.15, 0.2) is 0 Å². The Kier molecular flexibility index (Phi) is 3.78. The van der Waals surface area contributed by atoms with Gasteiger partial charge in [-0.25, -0.2) is 0 Å². The van der Waals surface area contributed by atoms with E-state index in [2.05, 4.69) is 0 Å². The molecule has 2 aromatic carbocycles. The molecule has 0 radical (unpaired) electrons. The molecule has 2 heteroatoms. The van der Waals surface area contributed by atoms with Crippen LogP contribution in [0.25, 0.3) is 0 Å². The van der Waals surface area contributed by atoms with Gasteiger partial charge >= 0.3 is 0 Å². The maximum atomic E-state index is 11.9. The SMILES string of the molecule is COc1ccc(C(C(C)=O)c2ccccc2)cc1. The van der Waals surface area contributed by atoms with Crippen LogP contribution in [0.15, 0.2) is 54.6 Å². The van der Waals surface area contributed by atoms with E-state index in [1.807, 2.05) is 54.6 Å². The smallest absolute Gasteiger partial charge is 0.141 e. The number of ketones is 1. The summed E-state index contributed by atoms with van der Waals surface area (Å²) in [5, 5.41) is 0. The minimum atomic E-state index is -0.197. The third kappa shape index (κ3) is 2.59. The van der Waals surface area contributed by atoms with Gasteiger partial charge in [-0.05, 0) is 30.2 Å². The van der Waals surface area contributed by atoms with Crippen molar-refractivity contribution >= 4 is 5.78 Å². The highest BCUT2D eigenvalue weighted by atomic mass is 16.5. The van der Waals surface area contributed by atoms with Crippen LogP contribution in [-0.2, 0) is 4.79 Å². The third-order valence-electron chi connectivity index (χ3n) is 2.99. The summed E-state index contributed by atoms with van der Waals surface area (Å²) in [7, 11) is 1.63. The molecular weight excluding hydrogens is 224 g/mol. The summed E-state index contributed by atoms with van der Waals surface area (Å²) >= 11 is 0. The normalized spacial score (nSPS) is 11.9. The van der Waals surface area contributed by atoms with Crippen LogP contribution in [0.2, 0.25) is 0 Å². The molecule has 0 amide bonds. The summed E-state index contributed by atoms with van der Waals surface area (Å²) in [6.45, 7) is 1.63. The Hall–Kier alpha value is -2.09. The lowest BCUT2D eigenvalue weighted by Crippen LogP contribution is -2.10. The van der Waals surface area contributed by atoms with E-state index < -0.39 is 0 Å². The highest BCUT2D eigenvalue weighted by Gasteiger charge is 2.18. The molecule has 0 aliphatic heterocycles. The zero-order chi connectivity index (χ0) is 13.0. The highest BCUT2D eigenvalue weighted by Crippen LogP contribution is 2.26. The molecule has 0 aromatic heterocycles. The van der Waals surface area contributed by atoms with Gasteiger partial charge in [-0.2, -0.15) is 0 Å². The standard InChI is InChI=1S/C16H16O2/c1-12(17)16(13-6-4-3-5-7-13)14-8-10-15(18-2)11-9-14/h3-11,16H,1-2H3. The Morgan fingerprint density at radius 3 is 2.00 bits per heavy atom. The van der Waals surface area contributed by atoms with Gasteiger partial charge in [0, 0.05) is 0 Å². The lowest BCUT2D eigenvalue weighted by molar-refractivity contribution is -0.117. The van der Waals surface area contributed by atoms with Crippen LogP contribution in [0.4, 0.5) is 0 Å². The molecule has 0 fully saturated rings. The van der Waals surface area contributed by atoms with E-state index in [9.17, 15) is 4.79 Å². The Labute approximate surface area is 107 Å². The Morgan fingerprint density at radius 2 is 1.50 bits per heavy atom. The van der Waals surface area contributed by atoms with Crippen molar-refractivity contribution < 1.29 is 9.53 Å². The van der Waals surface area contributed by atoms with Crippen LogP contribution in [-0.4, -0.2) is 12.9 Å². The molecule has 0 aliphatic carbocycles. The number of rotatable bonds is 4. The molecule has 2 rings (SSSR count). The van der Waals surface area contributed by atoms with E-state index in [0.717, 1.165) is 16.9 Å². The van der Waals surface area contributed by atoms with Crippen molar-refractivity contribution in [2.75, 3.05) is 7.11 Å². The van der Waals surface area contributed by atoms with Crippen LogP contribution in [0, 0.1) is 0 Å². The second-order valence-electron chi connectivity index (χ2n) is 4.23. The van der Waals surface area contributed by atoms with E-state index in [-0.39, 0.29) is 11.7 Å². The molecule has 0 spiro atoms. The first-order valence-electron chi connectivity index (χ1n) is 5.91. The van der Waals surface area contributed by atoms with E-state index in [4.69, 9.17) is 4.74 Å². The summed E-state index contributed by atoms with van der Waals surface area (Å²) in [6.07, 6.45) is 0. The van der Waals surface area contributed by atoms with Crippen molar-refractivity contribution in [2.45, 2.75) is 12.8 Å². The van der Waals surface area contributed by atoms with Crippen molar-refractivity contribution in [3.63, 3.8) is 0 Å². The molecule has 0 bridgehead atoms. The fraction of sp³-hybridized carbons (Fsp3) is 0.188. The molecule has 0 saturated carbocycles. The summed E-state index contributed by atoms with van der Waals surface area (Å²) in [5.74, 6) is 0.748. The van der Waals surface area contributed by atoms with E-state index >= 15 is 0 Å². The molecule has 2 nitrogen and oxygen atoms in total. The van der Waals surface area contributed by atoms with Gasteiger partial charge in [0.25, 0.3) is 0 Å². The van der Waals surface area contributed by atoms with Gasteiger partial charge in [-0.3, -0.25) is 4.79 Å². The first-order chi connectivity index (χ1) is 8.72. The number of hydrogen-bond acceptors (Lipinski definition) is 2. The lowest BCUT2D eigenvalue weighted by atomic mass is 9.88. The fourth-order valence-electron chi connectivity index (χ4n) is 2.10. The van der Waals surface area contributed by atoms with E-state index in [1.165, 1.54) is 0 Å². The summed E-state index contributed by atoms with van der Waals surface area (Å²) in [6, 6.07) is 17.5. The number of hydrogen-bond donors (Lipinski definition) is 0. The molecule has 1 unspecified atom stereocenters. The quantitative estimate of drug-likeness (QED) is 0.818. The Morgan fingerprint density at radius 1 is 0.944 bits per heavy atom. The van der Waals surface area contributed by atoms with Crippen LogP contribution in [0.1, 0.15) is 24.0 Å². The molecule has 92 valence electrons. The molecule has 0 saturated heterocycles. The monoisotopic (exact) mass is 240 g/mol. The predicted molar refractivity (Wildman–Crippen MR) is 72.0 cm³/mol. The minimum absolute atomic E-state index is 0.145. The third-order valence-corrected chi connectivity index (χ3v) is 2.99. The Bertz CT molecular complexity index is 515. The van der Waals surface area contributed by atoms with Crippen LogP contribution < -0.4 is 4.74 Å². The topological polar surface area (TPSA) is 26.3 Å². The van der Waals surface area contributed by atoms with E-state index in [1.54, 1.807) is 14.0 Å². The molecule has 2 aromatic rings. The average Bonchev–Trinajstić information content (AvgIpc) is 2.40.